The van der Waals surface area contributed by atoms with E-state index in [1.54, 1.807) is 0 Å². The number of rotatable bonds is 5. The Kier molecular flexibility index (Phi) is 4.04. The number of nitrogens with zero attached hydrogens (tertiary/aromatic N) is 1. The van der Waals surface area contributed by atoms with Crippen LogP contribution in [0.15, 0.2) is 5.38 Å². The summed E-state index contributed by atoms with van der Waals surface area (Å²) in [6, 6.07) is -0.169. The summed E-state index contributed by atoms with van der Waals surface area (Å²) < 4.78 is 0. The number of carboxylic acids is 1. The normalized spacial score (nSPS) is 16.5. The van der Waals surface area contributed by atoms with E-state index in [9.17, 15) is 9.59 Å². The van der Waals surface area contributed by atoms with Crippen LogP contribution in [0.1, 0.15) is 41.7 Å². The molecule has 1 aliphatic carbocycles. The van der Waals surface area contributed by atoms with Gasteiger partial charge in [0.05, 0.1) is 5.01 Å². The summed E-state index contributed by atoms with van der Waals surface area (Å²) in [5.41, 5.74) is 0.00768. The number of hydrogen-bond donors (Lipinski definition) is 3. The first kappa shape index (κ1) is 13.8. The summed E-state index contributed by atoms with van der Waals surface area (Å²) in [4.78, 5) is 26.2. The van der Waals surface area contributed by atoms with E-state index in [4.69, 9.17) is 5.11 Å². The van der Waals surface area contributed by atoms with Gasteiger partial charge in [-0.2, -0.15) is 0 Å². The van der Waals surface area contributed by atoms with Gasteiger partial charge in [0.1, 0.15) is 0 Å². The largest absolute Gasteiger partial charge is 0.476 e. The molecule has 3 N–H and O–H groups in total. The van der Waals surface area contributed by atoms with Crippen LogP contribution in [0, 0.1) is 0 Å². The van der Waals surface area contributed by atoms with E-state index in [2.05, 4.69) is 15.6 Å². The number of carboxylic acid groups (broad SMARTS) is 1. The van der Waals surface area contributed by atoms with E-state index in [-0.39, 0.29) is 17.3 Å². The summed E-state index contributed by atoms with van der Waals surface area (Å²) in [6.07, 6.45) is 3.75. The van der Waals surface area contributed by atoms with Crippen molar-refractivity contribution < 1.29 is 14.7 Å². The SMILES string of the molecule is CC1(NC(=O)NCCc2nc(C(=O)O)cs2)CCC1. The Hall–Kier alpha value is -1.63. The summed E-state index contributed by atoms with van der Waals surface area (Å²) in [5.74, 6) is -1.02. The van der Waals surface area contributed by atoms with E-state index < -0.39 is 5.97 Å². The number of thiazole rings is 1. The zero-order chi connectivity index (χ0) is 13.9. The molecule has 1 aromatic rings. The van der Waals surface area contributed by atoms with Gasteiger partial charge in [0.2, 0.25) is 0 Å². The molecule has 0 bridgehead atoms. The third-order valence-electron chi connectivity index (χ3n) is 3.27. The molecule has 1 fully saturated rings. The van der Waals surface area contributed by atoms with E-state index in [0.29, 0.717) is 18.0 Å². The highest BCUT2D eigenvalue weighted by Crippen LogP contribution is 2.30. The van der Waals surface area contributed by atoms with E-state index in [0.717, 1.165) is 19.3 Å². The molecule has 0 atom stereocenters. The van der Waals surface area contributed by atoms with Crippen LogP contribution in [0.2, 0.25) is 0 Å². The summed E-state index contributed by atoms with van der Waals surface area (Å²) in [5, 5.41) is 16.7. The smallest absolute Gasteiger partial charge is 0.355 e. The number of carbonyl (C=O) groups is 2. The molecule has 0 aromatic carbocycles. The van der Waals surface area contributed by atoms with Crippen molar-refractivity contribution >= 4 is 23.3 Å². The maximum Gasteiger partial charge on any atom is 0.355 e. The van der Waals surface area contributed by atoms with Crippen LogP contribution >= 0.6 is 11.3 Å². The molecule has 0 radical (unpaired) electrons. The van der Waals surface area contributed by atoms with Gasteiger partial charge < -0.3 is 15.7 Å². The number of hydrogen-bond acceptors (Lipinski definition) is 4. The second kappa shape index (κ2) is 5.56. The van der Waals surface area contributed by atoms with Gasteiger partial charge >= 0.3 is 12.0 Å². The molecule has 6 nitrogen and oxygen atoms in total. The van der Waals surface area contributed by atoms with Crippen molar-refractivity contribution in [3.05, 3.63) is 16.1 Å². The standard InChI is InChI=1S/C12H17N3O3S/c1-12(4-2-5-12)15-11(18)13-6-3-9-14-8(7-19-9)10(16)17/h7H,2-6H2,1H3,(H,16,17)(H2,13,15,18). The minimum atomic E-state index is -1.02. The first-order valence-electron chi connectivity index (χ1n) is 6.22. The zero-order valence-corrected chi connectivity index (χ0v) is 11.5. The van der Waals surface area contributed by atoms with Crippen LogP contribution in [0.5, 0.6) is 0 Å². The van der Waals surface area contributed by atoms with Crippen LogP contribution in [0.4, 0.5) is 4.79 Å². The van der Waals surface area contributed by atoms with Gasteiger partial charge in [0.25, 0.3) is 0 Å². The van der Waals surface area contributed by atoms with Crippen molar-refractivity contribution in [1.82, 2.24) is 15.6 Å². The monoisotopic (exact) mass is 283 g/mol. The van der Waals surface area contributed by atoms with E-state index in [1.807, 2.05) is 6.92 Å². The lowest BCUT2D eigenvalue weighted by Gasteiger charge is -2.38. The van der Waals surface area contributed by atoms with Crippen LogP contribution in [-0.2, 0) is 6.42 Å². The Labute approximate surface area is 115 Å². The van der Waals surface area contributed by atoms with Crippen molar-refractivity contribution in [3.63, 3.8) is 0 Å². The topological polar surface area (TPSA) is 91.3 Å². The van der Waals surface area contributed by atoms with Gasteiger partial charge in [0, 0.05) is 23.9 Å². The van der Waals surface area contributed by atoms with Crippen LogP contribution < -0.4 is 10.6 Å². The molecule has 1 saturated carbocycles. The first-order valence-corrected chi connectivity index (χ1v) is 7.10. The maximum atomic E-state index is 11.6. The predicted molar refractivity (Wildman–Crippen MR) is 71.6 cm³/mol. The maximum absolute atomic E-state index is 11.6. The third kappa shape index (κ3) is 3.66. The van der Waals surface area contributed by atoms with Crippen molar-refractivity contribution in [2.75, 3.05) is 6.54 Å². The molecule has 1 aromatic heterocycles. The van der Waals surface area contributed by atoms with Gasteiger partial charge in [-0.05, 0) is 26.2 Å². The number of aromatic carboxylic acids is 1. The van der Waals surface area contributed by atoms with E-state index >= 15 is 0 Å². The van der Waals surface area contributed by atoms with Crippen molar-refractivity contribution in [3.8, 4) is 0 Å². The lowest BCUT2D eigenvalue weighted by atomic mass is 9.79. The lowest BCUT2D eigenvalue weighted by Crippen LogP contribution is -2.54. The molecule has 1 heterocycles. The minimum Gasteiger partial charge on any atom is -0.476 e. The fraction of sp³-hybridized carbons (Fsp3) is 0.583. The quantitative estimate of drug-likeness (QED) is 0.766. The van der Waals surface area contributed by atoms with Gasteiger partial charge in [-0.1, -0.05) is 0 Å². The lowest BCUT2D eigenvalue weighted by molar-refractivity contribution is 0.0691. The molecule has 2 rings (SSSR count). The Bertz CT molecular complexity index is 482. The number of urea groups is 1. The Morgan fingerprint density at radius 1 is 1.53 bits per heavy atom. The first-order chi connectivity index (χ1) is 8.98. The number of aromatic nitrogens is 1. The molecule has 19 heavy (non-hydrogen) atoms. The summed E-state index contributed by atoms with van der Waals surface area (Å²) in [7, 11) is 0. The van der Waals surface area contributed by atoms with Gasteiger partial charge in [-0.25, -0.2) is 14.6 Å². The molecule has 2 amide bonds. The average molecular weight is 283 g/mol. The number of amides is 2. The Morgan fingerprint density at radius 3 is 2.79 bits per heavy atom. The van der Waals surface area contributed by atoms with Crippen molar-refractivity contribution in [2.24, 2.45) is 0 Å². The van der Waals surface area contributed by atoms with Gasteiger partial charge in [-0.3, -0.25) is 0 Å². The second-order valence-corrected chi connectivity index (χ2v) is 5.92. The Balaban J connectivity index is 1.70. The molecule has 104 valence electrons. The minimum absolute atomic E-state index is 0.0538. The third-order valence-corrected chi connectivity index (χ3v) is 4.18. The molecular weight excluding hydrogens is 266 g/mol. The van der Waals surface area contributed by atoms with Crippen molar-refractivity contribution in [2.45, 2.75) is 38.1 Å². The molecule has 0 spiro atoms. The molecular formula is C12H17N3O3S. The fourth-order valence-electron chi connectivity index (χ4n) is 1.96. The summed E-state index contributed by atoms with van der Waals surface area (Å²) >= 11 is 1.29. The Morgan fingerprint density at radius 2 is 2.26 bits per heavy atom. The molecule has 1 aliphatic rings. The van der Waals surface area contributed by atoms with Gasteiger partial charge in [-0.15, -0.1) is 11.3 Å². The highest BCUT2D eigenvalue weighted by Gasteiger charge is 2.32. The number of carbonyl (C=O) groups excluding carboxylic acids is 1. The highest BCUT2D eigenvalue weighted by atomic mass is 32.1. The van der Waals surface area contributed by atoms with E-state index in [1.165, 1.54) is 16.7 Å². The van der Waals surface area contributed by atoms with Crippen LogP contribution in [0.3, 0.4) is 0 Å². The molecule has 0 saturated heterocycles. The molecule has 0 unspecified atom stereocenters. The molecule has 7 heteroatoms. The molecule has 0 aliphatic heterocycles. The summed E-state index contributed by atoms with van der Waals surface area (Å²) in [6.45, 7) is 2.49. The second-order valence-electron chi connectivity index (χ2n) is 4.98. The zero-order valence-electron chi connectivity index (χ0n) is 10.7. The fourth-order valence-corrected chi connectivity index (χ4v) is 2.73. The average Bonchev–Trinajstić information content (AvgIpc) is 2.76. The van der Waals surface area contributed by atoms with Gasteiger partial charge in [0.15, 0.2) is 5.69 Å². The van der Waals surface area contributed by atoms with Crippen LogP contribution in [-0.4, -0.2) is 34.2 Å². The number of nitrogens with one attached hydrogen (secondary N) is 2. The predicted octanol–water partition coefficient (Wildman–Crippen LogP) is 1.63. The van der Waals surface area contributed by atoms with Crippen molar-refractivity contribution in [1.29, 1.82) is 0 Å². The van der Waals surface area contributed by atoms with Crippen LogP contribution in [0.25, 0.3) is 0 Å². The highest BCUT2D eigenvalue weighted by molar-refractivity contribution is 7.09.